The Balaban J connectivity index is 1.65. The van der Waals surface area contributed by atoms with Gasteiger partial charge in [0.2, 0.25) is 0 Å². The van der Waals surface area contributed by atoms with Crippen LogP contribution >= 0.6 is 0 Å². The second kappa shape index (κ2) is 7.67. The van der Waals surface area contributed by atoms with Crippen molar-refractivity contribution in [1.29, 1.82) is 0 Å². The smallest absolute Gasteiger partial charge is 0.155 e. The highest BCUT2D eigenvalue weighted by atomic mass is 16.1. The molecule has 0 aromatic rings. The van der Waals surface area contributed by atoms with Gasteiger partial charge in [-0.15, -0.1) is 0 Å². The maximum Gasteiger partial charge on any atom is 0.155 e. The van der Waals surface area contributed by atoms with Crippen molar-refractivity contribution in [1.82, 2.24) is 0 Å². The van der Waals surface area contributed by atoms with Gasteiger partial charge < -0.3 is 0 Å². The summed E-state index contributed by atoms with van der Waals surface area (Å²) in [4.78, 5) is 25.4. The maximum atomic E-state index is 12.8. The van der Waals surface area contributed by atoms with E-state index in [9.17, 15) is 9.59 Å². The molecule has 2 nitrogen and oxygen atoms in total. The van der Waals surface area contributed by atoms with Crippen LogP contribution in [-0.2, 0) is 9.59 Å². The lowest BCUT2D eigenvalue weighted by molar-refractivity contribution is -0.142. The minimum Gasteiger partial charge on any atom is -0.299 e. The summed E-state index contributed by atoms with van der Waals surface area (Å²) in [5.41, 5.74) is 3.34. The van der Waals surface area contributed by atoms with Crippen molar-refractivity contribution in [2.45, 2.75) is 107 Å². The number of ketones is 2. The standard InChI is InChI=1S/C30H46O2/c1-19(2)17-21(31)18-20(3)22-11-15-30(8)24-9-10-25-27(4,5)26(32)13-14-28(25,6)23(24)12-16-29(22,30)7/h12,17,20,22,24-25H,9-11,13-16,18H2,1-8H3. The van der Waals surface area contributed by atoms with Gasteiger partial charge in [-0.3, -0.25) is 9.59 Å². The van der Waals surface area contributed by atoms with Gasteiger partial charge in [-0.05, 0) is 98.4 Å². The zero-order valence-electron chi connectivity index (χ0n) is 21.9. The molecule has 4 aliphatic rings. The number of rotatable bonds is 4. The average molecular weight is 439 g/mol. The summed E-state index contributed by atoms with van der Waals surface area (Å²) in [6.07, 6.45) is 13.0. The SMILES string of the molecule is CC(C)=CC(=O)CC(C)C1CCC2(C)C3CCC4C(C)(C)C(=O)CCC4(C)C3=CCC12C. The van der Waals surface area contributed by atoms with Gasteiger partial charge in [0, 0.05) is 18.3 Å². The van der Waals surface area contributed by atoms with E-state index in [-0.39, 0.29) is 16.2 Å². The van der Waals surface area contributed by atoms with E-state index in [1.54, 1.807) is 5.57 Å². The van der Waals surface area contributed by atoms with Crippen LogP contribution < -0.4 is 0 Å². The fourth-order valence-corrected chi connectivity index (χ4v) is 9.32. The predicted molar refractivity (Wildman–Crippen MR) is 132 cm³/mol. The molecule has 0 N–H and O–H groups in total. The van der Waals surface area contributed by atoms with E-state index in [4.69, 9.17) is 0 Å². The highest BCUT2D eigenvalue weighted by Crippen LogP contribution is 2.72. The second-order valence-corrected chi connectivity index (χ2v) is 13.5. The average Bonchev–Trinajstić information content (AvgIpc) is 2.96. The Bertz CT molecular complexity index is 871. The van der Waals surface area contributed by atoms with Gasteiger partial charge in [0.1, 0.15) is 5.78 Å². The van der Waals surface area contributed by atoms with Gasteiger partial charge in [0.25, 0.3) is 0 Å². The molecule has 3 fully saturated rings. The highest BCUT2D eigenvalue weighted by molar-refractivity contribution is 5.90. The summed E-state index contributed by atoms with van der Waals surface area (Å²) in [5, 5.41) is 0. The lowest BCUT2D eigenvalue weighted by Crippen LogP contribution is -2.56. The fraction of sp³-hybridized carbons (Fsp3) is 0.800. The Labute approximate surface area is 196 Å². The molecule has 0 heterocycles. The molecule has 178 valence electrons. The quantitative estimate of drug-likeness (QED) is 0.332. The van der Waals surface area contributed by atoms with Crippen LogP contribution in [0.15, 0.2) is 23.3 Å². The summed E-state index contributed by atoms with van der Waals surface area (Å²) in [5.74, 6) is 2.92. The van der Waals surface area contributed by atoms with E-state index in [1.807, 2.05) is 19.9 Å². The number of hydrogen-bond acceptors (Lipinski definition) is 2. The summed E-state index contributed by atoms with van der Waals surface area (Å²) in [6.45, 7) is 18.4. The number of hydrogen-bond donors (Lipinski definition) is 0. The molecule has 4 aliphatic carbocycles. The predicted octanol–water partition coefficient (Wildman–Crippen LogP) is 7.72. The maximum absolute atomic E-state index is 12.8. The van der Waals surface area contributed by atoms with Crippen molar-refractivity contribution in [3.05, 3.63) is 23.3 Å². The molecule has 0 saturated heterocycles. The lowest BCUT2D eigenvalue weighted by atomic mass is 9.41. The minimum atomic E-state index is -0.196. The van der Waals surface area contributed by atoms with Gasteiger partial charge in [0.15, 0.2) is 5.78 Å². The zero-order valence-corrected chi connectivity index (χ0v) is 21.9. The van der Waals surface area contributed by atoms with Crippen molar-refractivity contribution in [2.75, 3.05) is 0 Å². The number of carbonyl (C=O) groups is 2. The summed E-state index contributed by atoms with van der Waals surface area (Å²) in [7, 11) is 0. The first-order valence-electron chi connectivity index (χ1n) is 13.2. The van der Waals surface area contributed by atoms with E-state index in [2.05, 4.69) is 47.6 Å². The van der Waals surface area contributed by atoms with Crippen LogP contribution in [0.25, 0.3) is 0 Å². The Morgan fingerprint density at radius 2 is 1.75 bits per heavy atom. The molecule has 0 aliphatic heterocycles. The normalized spacial score (nSPS) is 43.4. The summed E-state index contributed by atoms with van der Waals surface area (Å²) in [6, 6.07) is 0. The third-order valence-corrected chi connectivity index (χ3v) is 11.3. The topological polar surface area (TPSA) is 34.1 Å². The van der Waals surface area contributed by atoms with Crippen molar-refractivity contribution in [3.8, 4) is 0 Å². The summed E-state index contributed by atoms with van der Waals surface area (Å²) < 4.78 is 0. The Morgan fingerprint density at radius 3 is 2.41 bits per heavy atom. The highest BCUT2D eigenvalue weighted by Gasteiger charge is 2.65. The molecule has 7 unspecified atom stereocenters. The van der Waals surface area contributed by atoms with Crippen LogP contribution in [0.3, 0.4) is 0 Å². The van der Waals surface area contributed by atoms with E-state index in [0.717, 1.165) is 24.8 Å². The molecular formula is C30H46O2. The summed E-state index contributed by atoms with van der Waals surface area (Å²) >= 11 is 0. The van der Waals surface area contributed by atoms with Crippen molar-refractivity contribution in [3.63, 3.8) is 0 Å². The van der Waals surface area contributed by atoms with Crippen molar-refractivity contribution >= 4 is 11.6 Å². The molecular weight excluding hydrogens is 392 g/mol. The van der Waals surface area contributed by atoms with Crippen LogP contribution in [0.1, 0.15) is 107 Å². The molecule has 0 aromatic heterocycles. The number of carbonyl (C=O) groups excluding carboxylic acids is 2. The van der Waals surface area contributed by atoms with Crippen molar-refractivity contribution in [2.24, 2.45) is 45.3 Å². The number of Topliss-reactive ketones (excluding diaryl/α,β-unsaturated/α-hetero) is 1. The van der Waals surface area contributed by atoms with Gasteiger partial charge in [-0.25, -0.2) is 0 Å². The first-order valence-corrected chi connectivity index (χ1v) is 13.2. The van der Waals surface area contributed by atoms with Crippen LogP contribution in [0.4, 0.5) is 0 Å². The van der Waals surface area contributed by atoms with Crippen LogP contribution in [0.5, 0.6) is 0 Å². The van der Waals surface area contributed by atoms with E-state index in [1.165, 1.54) is 25.7 Å². The van der Waals surface area contributed by atoms with E-state index < -0.39 is 0 Å². The third kappa shape index (κ3) is 3.25. The van der Waals surface area contributed by atoms with Gasteiger partial charge >= 0.3 is 0 Å². The fourth-order valence-electron chi connectivity index (χ4n) is 9.32. The van der Waals surface area contributed by atoms with Gasteiger partial charge in [0.05, 0.1) is 0 Å². The molecule has 2 heteroatoms. The molecule has 4 rings (SSSR count). The van der Waals surface area contributed by atoms with Crippen LogP contribution in [-0.4, -0.2) is 11.6 Å². The van der Waals surface area contributed by atoms with Crippen LogP contribution in [0, 0.1) is 45.3 Å². The second-order valence-electron chi connectivity index (χ2n) is 13.5. The van der Waals surface area contributed by atoms with E-state index >= 15 is 0 Å². The van der Waals surface area contributed by atoms with E-state index in [0.29, 0.717) is 47.1 Å². The molecule has 0 radical (unpaired) electrons. The first kappa shape index (κ1) is 24.0. The third-order valence-electron chi connectivity index (χ3n) is 11.3. The van der Waals surface area contributed by atoms with Crippen molar-refractivity contribution < 1.29 is 9.59 Å². The van der Waals surface area contributed by atoms with Crippen LogP contribution in [0.2, 0.25) is 0 Å². The number of allylic oxidation sites excluding steroid dienone is 4. The molecule has 0 amide bonds. The molecule has 0 aromatic carbocycles. The largest absolute Gasteiger partial charge is 0.299 e. The first-order chi connectivity index (χ1) is 14.8. The Morgan fingerprint density at radius 1 is 1.06 bits per heavy atom. The molecule has 7 atom stereocenters. The van der Waals surface area contributed by atoms with Gasteiger partial charge in [-0.1, -0.05) is 58.8 Å². The Kier molecular flexibility index (Phi) is 5.74. The number of fused-ring (bicyclic) bond motifs is 5. The molecule has 3 saturated carbocycles. The lowest BCUT2D eigenvalue weighted by Gasteiger charge is -2.63. The molecule has 0 spiro atoms. The molecule has 32 heavy (non-hydrogen) atoms. The Hall–Kier alpha value is -1.18. The van der Waals surface area contributed by atoms with Gasteiger partial charge in [-0.2, -0.15) is 0 Å². The monoisotopic (exact) mass is 438 g/mol. The minimum absolute atomic E-state index is 0.174. The zero-order chi connectivity index (χ0) is 23.7. The molecule has 0 bridgehead atoms.